The number of hydrogen-bond donors (Lipinski definition) is 2. The summed E-state index contributed by atoms with van der Waals surface area (Å²) in [5.41, 5.74) is 1.19. The van der Waals surface area contributed by atoms with E-state index in [0.717, 1.165) is 19.3 Å². The van der Waals surface area contributed by atoms with Gasteiger partial charge in [0.2, 0.25) is 0 Å². The Morgan fingerprint density at radius 2 is 1.88 bits per heavy atom. The summed E-state index contributed by atoms with van der Waals surface area (Å²) in [7, 11) is 0. The summed E-state index contributed by atoms with van der Waals surface area (Å²) >= 11 is 0. The second kappa shape index (κ2) is 7.31. The maximum Gasteiger partial charge on any atom is 0.318 e. The van der Waals surface area contributed by atoms with Gasteiger partial charge >= 0.3 is 6.03 Å². The first-order valence-corrected chi connectivity index (χ1v) is 6.45. The summed E-state index contributed by atoms with van der Waals surface area (Å²) in [6.07, 6.45) is 10.1. The average molecular weight is 224 g/mol. The lowest BCUT2D eigenvalue weighted by Crippen LogP contribution is -2.39. The molecule has 1 aliphatic rings. The lowest BCUT2D eigenvalue weighted by Gasteiger charge is -2.15. The second-order valence-corrected chi connectivity index (χ2v) is 4.65. The molecule has 2 amide bonds. The van der Waals surface area contributed by atoms with Gasteiger partial charge in [0.15, 0.2) is 0 Å². The lowest BCUT2D eigenvalue weighted by atomic mass is 10.1. The van der Waals surface area contributed by atoms with E-state index in [0.29, 0.717) is 6.04 Å². The van der Waals surface area contributed by atoms with Crippen LogP contribution in [0, 0.1) is 0 Å². The Balaban J connectivity index is 2.27. The van der Waals surface area contributed by atoms with Crippen molar-refractivity contribution < 1.29 is 4.79 Å². The highest BCUT2D eigenvalue weighted by Crippen LogP contribution is 2.16. The molecule has 16 heavy (non-hydrogen) atoms. The maximum atomic E-state index is 11.6. The number of urea groups is 1. The highest BCUT2D eigenvalue weighted by molar-refractivity contribution is 5.75. The Hall–Kier alpha value is -0.990. The Morgan fingerprint density at radius 3 is 2.44 bits per heavy atom. The van der Waals surface area contributed by atoms with Crippen molar-refractivity contribution in [2.45, 2.75) is 64.8 Å². The first kappa shape index (κ1) is 13.1. The highest BCUT2D eigenvalue weighted by Gasteiger charge is 2.13. The molecule has 0 aromatic rings. The molecule has 1 aliphatic carbocycles. The predicted molar refractivity (Wildman–Crippen MR) is 67.2 cm³/mol. The van der Waals surface area contributed by atoms with Gasteiger partial charge in [0.05, 0.1) is 0 Å². The second-order valence-electron chi connectivity index (χ2n) is 4.65. The van der Waals surface area contributed by atoms with E-state index < -0.39 is 0 Å². The van der Waals surface area contributed by atoms with Crippen LogP contribution in [0.3, 0.4) is 0 Å². The number of allylic oxidation sites excluding steroid dienone is 1. The van der Waals surface area contributed by atoms with Gasteiger partial charge in [-0.2, -0.15) is 0 Å². The fourth-order valence-electron chi connectivity index (χ4n) is 1.94. The minimum atomic E-state index is -0.0558. The molecular weight excluding hydrogens is 200 g/mol. The van der Waals surface area contributed by atoms with Crippen LogP contribution in [0.1, 0.15) is 58.8 Å². The van der Waals surface area contributed by atoms with Crippen LogP contribution < -0.4 is 10.6 Å². The van der Waals surface area contributed by atoms with Crippen molar-refractivity contribution in [2.24, 2.45) is 0 Å². The standard InChI is InChI=1S/C13H24N2O/c1-3-11(2)10-14-13(16)15-12-8-6-4-5-7-9-12/h10,12H,3-9H2,1-2H3,(H2,14,15,16)/b11-10+. The number of nitrogens with one attached hydrogen (secondary N) is 2. The van der Waals surface area contributed by atoms with Crippen LogP contribution in [0.2, 0.25) is 0 Å². The van der Waals surface area contributed by atoms with Crippen LogP contribution >= 0.6 is 0 Å². The molecule has 2 N–H and O–H groups in total. The monoisotopic (exact) mass is 224 g/mol. The average Bonchev–Trinajstić information content (AvgIpc) is 2.54. The van der Waals surface area contributed by atoms with Gasteiger partial charge in [-0.1, -0.05) is 38.2 Å². The van der Waals surface area contributed by atoms with Crippen LogP contribution in [0.4, 0.5) is 4.79 Å². The molecule has 1 fully saturated rings. The molecule has 3 heteroatoms. The summed E-state index contributed by atoms with van der Waals surface area (Å²) in [5, 5.41) is 5.83. The van der Waals surface area contributed by atoms with E-state index in [1.54, 1.807) is 6.20 Å². The topological polar surface area (TPSA) is 41.1 Å². The zero-order valence-corrected chi connectivity index (χ0v) is 10.5. The Labute approximate surface area is 98.7 Å². The predicted octanol–water partition coefficient (Wildman–Crippen LogP) is 3.32. The summed E-state index contributed by atoms with van der Waals surface area (Å²) in [5.74, 6) is 0. The van der Waals surface area contributed by atoms with E-state index in [4.69, 9.17) is 0 Å². The van der Waals surface area contributed by atoms with Crippen molar-refractivity contribution in [1.82, 2.24) is 10.6 Å². The summed E-state index contributed by atoms with van der Waals surface area (Å²) in [4.78, 5) is 11.6. The largest absolute Gasteiger partial charge is 0.335 e. The summed E-state index contributed by atoms with van der Waals surface area (Å²) in [6, 6.07) is 0.317. The summed E-state index contributed by atoms with van der Waals surface area (Å²) in [6.45, 7) is 4.10. The molecule has 0 radical (unpaired) electrons. The van der Waals surface area contributed by atoms with Crippen LogP contribution in [-0.4, -0.2) is 12.1 Å². The summed E-state index contributed by atoms with van der Waals surface area (Å²) < 4.78 is 0. The SMILES string of the molecule is CC/C(C)=C/NC(=O)NC1CCCCCC1. The van der Waals surface area contributed by atoms with E-state index in [1.165, 1.54) is 31.3 Å². The number of carbonyl (C=O) groups excluding carboxylic acids is 1. The van der Waals surface area contributed by atoms with Gasteiger partial charge in [-0.25, -0.2) is 4.79 Å². The van der Waals surface area contributed by atoms with Crippen LogP contribution in [0.5, 0.6) is 0 Å². The normalized spacial score (nSPS) is 19.0. The molecule has 92 valence electrons. The van der Waals surface area contributed by atoms with E-state index in [-0.39, 0.29) is 6.03 Å². The molecule has 1 rings (SSSR count). The molecular formula is C13H24N2O. The van der Waals surface area contributed by atoms with Crippen molar-refractivity contribution in [3.05, 3.63) is 11.8 Å². The van der Waals surface area contributed by atoms with Gasteiger partial charge in [-0.05, 0) is 26.2 Å². The molecule has 0 atom stereocenters. The zero-order valence-electron chi connectivity index (χ0n) is 10.5. The number of hydrogen-bond acceptors (Lipinski definition) is 1. The number of rotatable bonds is 3. The molecule has 0 heterocycles. The Morgan fingerprint density at radius 1 is 1.25 bits per heavy atom. The van der Waals surface area contributed by atoms with Crippen molar-refractivity contribution in [1.29, 1.82) is 0 Å². The van der Waals surface area contributed by atoms with Crippen molar-refractivity contribution in [3.63, 3.8) is 0 Å². The van der Waals surface area contributed by atoms with Gasteiger partial charge < -0.3 is 10.6 Å². The van der Waals surface area contributed by atoms with Gasteiger partial charge in [-0.15, -0.1) is 0 Å². The van der Waals surface area contributed by atoms with Gasteiger partial charge in [-0.3, -0.25) is 0 Å². The quantitative estimate of drug-likeness (QED) is 0.709. The fraction of sp³-hybridized carbons (Fsp3) is 0.769. The van der Waals surface area contributed by atoms with E-state index in [1.807, 2.05) is 6.92 Å². The van der Waals surface area contributed by atoms with Gasteiger partial charge in [0, 0.05) is 12.2 Å². The lowest BCUT2D eigenvalue weighted by molar-refractivity contribution is 0.239. The molecule has 0 unspecified atom stereocenters. The molecule has 0 aromatic heterocycles. The Kier molecular flexibility index (Phi) is 5.98. The minimum Gasteiger partial charge on any atom is -0.335 e. The van der Waals surface area contributed by atoms with Crippen molar-refractivity contribution in [2.75, 3.05) is 0 Å². The first-order valence-electron chi connectivity index (χ1n) is 6.45. The molecule has 3 nitrogen and oxygen atoms in total. The van der Waals surface area contributed by atoms with Crippen molar-refractivity contribution in [3.8, 4) is 0 Å². The minimum absolute atomic E-state index is 0.0558. The highest BCUT2D eigenvalue weighted by atomic mass is 16.2. The fourth-order valence-corrected chi connectivity index (χ4v) is 1.94. The smallest absolute Gasteiger partial charge is 0.318 e. The molecule has 0 saturated heterocycles. The molecule has 0 aliphatic heterocycles. The third kappa shape index (κ3) is 5.19. The number of carbonyl (C=O) groups is 1. The molecule has 0 bridgehead atoms. The molecule has 0 aromatic carbocycles. The molecule has 0 spiro atoms. The van der Waals surface area contributed by atoms with Crippen LogP contribution in [-0.2, 0) is 0 Å². The van der Waals surface area contributed by atoms with Crippen LogP contribution in [0.25, 0.3) is 0 Å². The third-order valence-corrected chi connectivity index (χ3v) is 3.20. The first-order chi connectivity index (χ1) is 7.72. The Bertz CT molecular complexity index is 240. The number of amides is 2. The van der Waals surface area contributed by atoms with Gasteiger partial charge in [0.1, 0.15) is 0 Å². The van der Waals surface area contributed by atoms with E-state index in [2.05, 4.69) is 17.6 Å². The van der Waals surface area contributed by atoms with Crippen molar-refractivity contribution >= 4 is 6.03 Å². The van der Waals surface area contributed by atoms with E-state index >= 15 is 0 Å². The van der Waals surface area contributed by atoms with E-state index in [9.17, 15) is 4.79 Å². The zero-order chi connectivity index (χ0) is 11.8. The molecule has 1 saturated carbocycles. The maximum absolute atomic E-state index is 11.6. The van der Waals surface area contributed by atoms with Gasteiger partial charge in [0.25, 0.3) is 0 Å². The third-order valence-electron chi connectivity index (χ3n) is 3.20. The van der Waals surface area contributed by atoms with Crippen LogP contribution in [0.15, 0.2) is 11.8 Å².